The van der Waals surface area contributed by atoms with Gasteiger partial charge in [0.15, 0.2) is 0 Å². The second kappa shape index (κ2) is 4.01. The van der Waals surface area contributed by atoms with Crippen LogP contribution in [0.3, 0.4) is 0 Å². The first kappa shape index (κ1) is 12.4. The van der Waals surface area contributed by atoms with Gasteiger partial charge >= 0.3 is 0 Å². The summed E-state index contributed by atoms with van der Waals surface area (Å²) >= 11 is 0. The van der Waals surface area contributed by atoms with E-state index in [-0.39, 0.29) is 0 Å². The molecule has 3 atom stereocenters. The number of hydrogen-bond acceptors (Lipinski definition) is 1. The molecule has 0 amide bonds. The quantitative estimate of drug-likeness (QED) is 0.760. The minimum atomic E-state index is 0.510. The van der Waals surface area contributed by atoms with Gasteiger partial charge in [0.1, 0.15) is 0 Å². The Balaban J connectivity index is 2.13. The van der Waals surface area contributed by atoms with Crippen LogP contribution in [0.4, 0.5) is 0 Å². The zero-order valence-corrected chi connectivity index (χ0v) is 11.8. The molecule has 0 heterocycles. The lowest BCUT2D eigenvalue weighted by molar-refractivity contribution is 0.0970. The Kier molecular flexibility index (Phi) is 3.11. The summed E-state index contributed by atoms with van der Waals surface area (Å²) in [7, 11) is 0. The Labute approximate surface area is 101 Å². The van der Waals surface area contributed by atoms with Crippen LogP contribution in [-0.2, 0) is 0 Å². The van der Waals surface area contributed by atoms with Gasteiger partial charge in [-0.25, -0.2) is 0 Å². The molecule has 2 aliphatic rings. The van der Waals surface area contributed by atoms with E-state index in [1.165, 1.54) is 32.1 Å². The average molecular weight is 223 g/mol. The van der Waals surface area contributed by atoms with Crippen molar-refractivity contribution in [2.75, 3.05) is 0 Å². The molecule has 94 valence electrons. The van der Waals surface area contributed by atoms with Gasteiger partial charge in [-0.05, 0) is 48.9 Å². The highest BCUT2D eigenvalue weighted by molar-refractivity contribution is 5.12. The molecule has 0 radical (unpaired) electrons. The molecular weight excluding hydrogens is 194 g/mol. The summed E-state index contributed by atoms with van der Waals surface area (Å²) in [6.45, 7) is 12.1. The summed E-state index contributed by atoms with van der Waals surface area (Å²) in [6.07, 6.45) is 6.90. The molecule has 1 N–H and O–H groups in total. The van der Waals surface area contributed by atoms with E-state index in [9.17, 15) is 0 Å². The minimum Gasteiger partial charge on any atom is -0.310 e. The van der Waals surface area contributed by atoms with Gasteiger partial charge in [-0.3, -0.25) is 0 Å². The second-order valence-electron chi connectivity index (χ2n) is 7.03. The summed E-state index contributed by atoms with van der Waals surface area (Å²) in [6, 6.07) is 1.46. The fourth-order valence-corrected chi connectivity index (χ4v) is 4.48. The van der Waals surface area contributed by atoms with E-state index < -0.39 is 0 Å². The topological polar surface area (TPSA) is 12.0 Å². The van der Waals surface area contributed by atoms with Gasteiger partial charge in [-0.15, -0.1) is 0 Å². The molecule has 2 fully saturated rings. The largest absolute Gasteiger partial charge is 0.310 e. The summed E-state index contributed by atoms with van der Waals surface area (Å²) in [5.41, 5.74) is 1.09. The van der Waals surface area contributed by atoms with Gasteiger partial charge in [0, 0.05) is 12.1 Å². The lowest BCUT2D eigenvalue weighted by Gasteiger charge is -2.45. The lowest BCUT2D eigenvalue weighted by Crippen LogP contribution is -2.53. The molecule has 2 aliphatic carbocycles. The summed E-state index contributed by atoms with van der Waals surface area (Å²) in [5, 5.41) is 3.98. The van der Waals surface area contributed by atoms with Crippen LogP contribution in [0.1, 0.15) is 66.7 Å². The van der Waals surface area contributed by atoms with Gasteiger partial charge in [0.25, 0.3) is 0 Å². The first-order valence-electron chi connectivity index (χ1n) is 7.20. The third kappa shape index (κ3) is 1.72. The molecule has 0 spiro atoms. The normalized spacial score (nSPS) is 40.9. The highest BCUT2D eigenvalue weighted by Gasteiger charge is 2.59. The van der Waals surface area contributed by atoms with E-state index in [0.717, 1.165) is 18.0 Å². The first-order chi connectivity index (χ1) is 7.44. The van der Waals surface area contributed by atoms with Gasteiger partial charge < -0.3 is 5.32 Å². The van der Waals surface area contributed by atoms with Crippen LogP contribution in [0.25, 0.3) is 0 Å². The smallest absolute Gasteiger partial charge is 0.0177 e. The van der Waals surface area contributed by atoms with Crippen LogP contribution < -0.4 is 5.32 Å². The number of hydrogen-bond donors (Lipinski definition) is 1. The van der Waals surface area contributed by atoms with E-state index in [4.69, 9.17) is 0 Å². The van der Waals surface area contributed by atoms with Crippen LogP contribution >= 0.6 is 0 Å². The number of rotatable bonds is 4. The summed E-state index contributed by atoms with van der Waals surface area (Å²) in [4.78, 5) is 0. The lowest BCUT2D eigenvalue weighted by atomic mass is 9.68. The molecule has 2 rings (SSSR count). The van der Waals surface area contributed by atoms with Crippen molar-refractivity contribution in [1.82, 2.24) is 5.32 Å². The zero-order chi connectivity index (χ0) is 12.0. The summed E-state index contributed by atoms with van der Waals surface area (Å²) < 4.78 is 0. The Morgan fingerprint density at radius 2 is 1.81 bits per heavy atom. The monoisotopic (exact) mass is 223 g/mol. The molecule has 1 nitrogen and oxygen atoms in total. The SMILES string of the molecule is CCC(CC)NC1C2(C)CCC(C2)C1(C)C. The Bertz CT molecular complexity index is 249. The van der Waals surface area contributed by atoms with Crippen molar-refractivity contribution in [1.29, 1.82) is 0 Å². The Hall–Kier alpha value is -0.0400. The second-order valence-corrected chi connectivity index (χ2v) is 7.03. The molecule has 0 aromatic carbocycles. The van der Waals surface area contributed by atoms with Crippen LogP contribution in [0.5, 0.6) is 0 Å². The van der Waals surface area contributed by atoms with Gasteiger partial charge in [0.05, 0.1) is 0 Å². The maximum Gasteiger partial charge on any atom is 0.0177 e. The highest BCUT2D eigenvalue weighted by Crippen LogP contribution is 2.62. The fraction of sp³-hybridized carbons (Fsp3) is 1.00. The molecule has 0 saturated heterocycles. The predicted octanol–water partition coefficient (Wildman–Crippen LogP) is 3.98. The molecule has 16 heavy (non-hydrogen) atoms. The first-order valence-corrected chi connectivity index (χ1v) is 7.20. The van der Waals surface area contributed by atoms with E-state index in [1.807, 2.05) is 0 Å². The van der Waals surface area contributed by atoms with Crippen molar-refractivity contribution in [3.63, 3.8) is 0 Å². The van der Waals surface area contributed by atoms with Crippen molar-refractivity contribution in [2.45, 2.75) is 78.8 Å². The minimum absolute atomic E-state index is 0.510. The van der Waals surface area contributed by atoms with Gasteiger partial charge in [0.2, 0.25) is 0 Å². The predicted molar refractivity (Wildman–Crippen MR) is 70.5 cm³/mol. The third-order valence-corrected chi connectivity index (χ3v) is 5.66. The maximum absolute atomic E-state index is 3.98. The van der Waals surface area contributed by atoms with E-state index in [1.54, 1.807) is 0 Å². The summed E-state index contributed by atoms with van der Waals surface area (Å²) in [5.74, 6) is 0.962. The Morgan fingerprint density at radius 3 is 2.25 bits per heavy atom. The molecule has 1 heteroatoms. The number of fused-ring (bicyclic) bond motifs is 2. The van der Waals surface area contributed by atoms with Crippen molar-refractivity contribution in [3.8, 4) is 0 Å². The maximum atomic E-state index is 3.98. The van der Waals surface area contributed by atoms with Crippen molar-refractivity contribution in [3.05, 3.63) is 0 Å². The molecule has 0 aliphatic heterocycles. The highest BCUT2D eigenvalue weighted by atomic mass is 15.0. The fourth-order valence-electron chi connectivity index (χ4n) is 4.48. The molecule has 2 saturated carbocycles. The van der Waals surface area contributed by atoms with Crippen molar-refractivity contribution in [2.24, 2.45) is 16.7 Å². The molecule has 2 bridgehead atoms. The van der Waals surface area contributed by atoms with Crippen molar-refractivity contribution >= 4 is 0 Å². The van der Waals surface area contributed by atoms with Gasteiger partial charge in [-0.1, -0.05) is 34.6 Å². The van der Waals surface area contributed by atoms with Crippen LogP contribution in [0.2, 0.25) is 0 Å². The number of nitrogens with one attached hydrogen (secondary N) is 1. The van der Waals surface area contributed by atoms with E-state index in [2.05, 4.69) is 39.9 Å². The van der Waals surface area contributed by atoms with Crippen LogP contribution in [-0.4, -0.2) is 12.1 Å². The zero-order valence-electron chi connectivity index (χ0n) is 11.8. The third-order valence-electron chi connectivity index (χ3n) is 5.66. The molecule has 0 aromatic heterocycles. The Morgan fingerprint density at radius 1 is 1.19 bits per heavy atom. The van der Waals surface area contributed by atoms with Gasteiger partial charge in [-0.2, -0.15) is 0 Å². The molecular formula is C15H29N. The van der Waals surface area contributed by atoms with Crippen LogP contribution in [0, 0.1) is 16.7 Å². The van der Waals surface area contributed by atoms with E-state index >= 15 is 0 Å². The van der Waals surface area contributed by atoms with E-state index in [0.29, 0.717) is 10.8 Å². The molecule has 0 aromatic rings. The molecule has 3 unspecified atom stereocenters. The van der Waals surface area contributed by atoms with Crippen molar-refractivity contribution < 1.29 is 0 Å². The standard InChI is InChI=1S/C15H29N/c1-6-12(7-2)16-13-14(3,4)11-8-9-15(13,5)10-11/h11-13,16H,6-10H2,1-5H3. The average Bonchev–Trinajstić information content (AvgIpc) is 2.69. The van der Waals surface area contributed by atoms with Crippen LogP contribution in [0.15, 0.2) is 0 Å².